The Morgan fingerprint density at radius 2 is 1.68 bits per heavy atom. The lowest BCUT2D eigenvalue weighted by atomic mass is 9.99. The van der Waals surface area contributed by atoms with Crippen molar-refractivity contribution < 1.29 is 28.6 Å². The van der Waals surface area contributed by atoms with Gasteiger partial charge in [0.15, 0.2) is 0 Å². The van der Waals surface area contributed by atoms with E-state index in [2.05, 4.69) is 4.74 Å². The second-order valence-corrected chi connectivity index (χ2v) is 7.17. The number of furan rings is 1. The van der Waals surface area contributed by atoms with Crippen molar-refractivity contribution in [3.8, 4) is 0 Å². The standard InChI is InChI=1S/C23H16ClNO6/c1-30-23(29)14-6-10-16(11-7-14)25-19(17-3-2-12-31-17)18(21(27)22(25)28)20(26)13-4-8-15(24)9-5-13/h2-12,19,26H,1H3/b20-18-. The van der Waals surface area contributed by atoms with Gasteiger partial charge in [-0.25, -0.2) is 4.79 Å². The Bertz CT molecular complexity index is 1180. The Balaban J connectivity index is 1.85. The fourth-order valence-corrected chi connectivity index (χ4v) is 3.58. The van der Waals surface area contributed by atoms with Crippen LogP contribution in [0.5, 0.6) is 0 Å². The van der Waals surface area contributed by atoms with Crippen molar-refractivity contribution in [2.45, 2.75) is 6.04 Å². The van der Waals surface area contributed by atoms with Gasteiger partial charge < -0.3 is 14.3 Å². The van der Waals surface area contributed by atoms with Crippen LogP contribution in [0, 0.1) is 0 Å². The van der Waals surface area contributed by atoms with Crippen LogP contribution in [-0.4, -0.2) is 29.9 Å². The molecule has 1 fully saturated rings. The molecule has 1 atom stereocenters. The fraction of sp³-hybridized carbons (Fsp3) is 0.0870. The molecule has 0 aliphatic carbocycles. The van der Waals surface area contributed by atoms with Crippen molar-refractivity contribution in [1.29, 1.82) is 0 Å². The third-order valence-electron chi connectivity index (χ3n) is 4.94. The molecule has 1 N–H and O–H groups in total. The van der Waals surface area contributed by atoms with Crippen LogP contribution < -0.4 is 4.90 Å². The normalized spacial score (nSPS) is 17.7. The summed E-state index contributed by atoms with van der Waals surface area (Å²) in [6.45, 7) is 0. The molecule has 3 aromatic rings. The maximum Gasteiger partial charge on any atom is 0.337 e. The number of methoxy groups -OCH3 is 1. The second kappa shape index (κ2) is 8.12. The number of Topliss-reactive ketones (excluding diaryl/α,β-unsaturated/α-hetero) is 1. The van der Waals surface area contributed by atoms with E-state index in [1.54, 1.807) is 36.4 Å². The van der Waals surface area contributed by atoms with Gasteiger partial charge >= 0.3 is 5.97 Å². The largest absolute Gasteiger partial charge is 0.507 e. The van der Waals surface area contributed by atoms with Gasteiger partial charge in [-0.2, -0.15) is 0 Å². The molecule has 7 nitrogen and oxygen atoms in total. The Morgan fingerprint density at radius 3 is 2.26 bits per heavy atom. The van der Waals surface area contributed by atoms with Gasteiger partial charge in [0.05, 0.1) is 24.5 Å². The SMILES string of the molecule is COC(=O)c1ccc(N2C(=O)C(=O)/C(=C(\O)c3ccc(Cl)cc3)C2c2ccco2)cc1. The summed E-state index contributed by atoms with van der Waals surface area (Å²) in [5.74, 6) is -2.26. The maximum atomic E-state index is 13.0. The molecule has 1 aliphatic rings. The minimum atomic E-state index is -0.991. The minimum Gasteiger partial charge on any atom is -0.507 e. The average Bonchev–Trinajstić information content (AvgIpc) is 3.40. The molecule has 1 amide bonds. The highest BCUT2D eigenvalue weighted by molar-refractivity contribution is 6.51. The lowest BCUT2D eigenvalue weighted by Crippen LogP contribution is -2.29. The Labute approximate surface area is 182 Å². The number of amides is 1. The molecule has 156 valence electrons. The summed E-state index contributed by atoms with van der Waals surface area (Å²) in [5, 5.41) is 11.4. The number of aliphatic hydroxyl groups excluding tert-OH is 1. The summed E-state index contributed by atoms with van der Waals surface area (Å²) in [7, 11) is 1.27. The van der Waals surface area contributed by atoms with Crippen LogP contribution in [0.4, 0.5) is 5.69 Å². The number of esters is 1. The number of benzene rings is 2. The monoisotopic (exact) mass is 437 g/mol. The van der Waals surface area contributed by atoms with Crippen molar-refractivity contribution in [3.63, 3.8) is 0 Å². The van der Waals surface area contributed by atoms with E-state index < -0.39 is 23.7 Å². The number of anilines is 1. The number of carbonyl (C=O) groups excluding carboxylic acids is 3. The smallest absolute Gasteiger partial charge is 0.337 e. The number of hydrogen-bond donors (Lipinski definition) is 1. The lowest BCUT2D eigenvalue weighted by molar-refractivity contribution is -0.132. The van der Waals surface area contributed by atoms with Crippen molar-refractivity contribution in [2.75, 3.05) is 12.0 Å². The zero-order valence-electron chi connectivity index (χ0n) is 16.2. The van der Waals surface area contributed by atoms with Crippen LogP contribution in [0.15, 0.2) is 76.9 Å². The van der Waals surface area contributed by atoms with Crippen molar-refractivity contribution in [2.24, 2.45) is 0 Å². The number of rotatable bonds is 4. The number of nitrogens with zero attached hydrogens (tertiary/aromatic N) is 1. The van der Waals surface area contributed by atoms with Gasteiger partial charge in [0.2, 0.25) is 0 Å². The van der Waals surface area contributed by atoms with Gasteiger partial charge in [0.1, 0.15) is 17.6 Å². The van der Waals surface area contributed by atoms with Crippen molar-refractivity contribution in [3.05, 3.63) is 94.4 Å². The second-order valence-electron chi connectivity index (χ2n) is 6.73. The number of carbonyl (C=O) groups is 3. The number of halogens is 1. The first kappa shape index (κ1) is 20.4. The molecule has 4 rings (SSSR count). The predicted octanol–water partition coefficient (Wildman–Crippen LogP) is 4.35. The van der Waals surface area contributed by atoms with E-state index in [4.69, 9.17) is 16.0 Å². The minimum absolute atomic E-state index is 0.112. The number of ketones is 1. The molecule has 0 spiro atoms. The number of aliphatic hydroxyl groups is 1. The van der Waals surface area contributed by atoms with Gasteiger partial charge in [0, 0.05) is 16.3 Å². The first-order valence-corrected chi connectivity index (χ1v) is 9.59. The van der Waals surface area contributed by atoms with Crippen molar-refractivity contribution >= 4 is 40.7 Å². The molecular formula is C23H16ClNO6. The quantitative estimate of drug-likeness (QED) is 0.282. The van der Waals surface area contributed by atoms with E-state index in [9.17, 15) is 19.5 Å². The van der Waals surface area contributed by atoms with E-state index in [0.29, 0.717) is 27.6 Å². The molecule has 1 aliphatic heterocycles. The number of hydrogen-bond acceptors (Lipinski definition) is 6. The first-order chi connectivity index (χ1) is 14.9. The molecule has 2 heterocycles. The van der Waals surface area contributed by atoms with Crippen LogP contribution in [0.1, 0.15) is 27.7 Å². The lowest BCUT2D eigenvalue weighted by Gasteiger charge is -2.23. The zero-order valence-corrected chi connectivity index (χ0v) is 17.0. The summed E-state index contributed by atoms with van der Waals surface area (Å²) in [5.41, 5.74) is 0.865. The summed E-state index contributed by atoms with van der Waals surface area (Å²) in [6.07, 6.45) is 1.41. The summed E-state index contributed by atoms with van der Waals surface area (Å²) in [4.78, 5) is 38.9. The van der Waals surface area contributed by atoms with Gasteiger partial charge in [-0.1, -0.05) is 11.6 Å². The Hall–Kier alpha value is -3.84. The van der Waals surface area contributed by atoms with Gasteiger partial charge in [-0.3, -0.25) is 14.5 Å². The fourth-order valence-electron chi connectivity index (χ4n) is 3.45. The highest BCUT2D eigenvalue weighted by atomic mass is 35.5. The van der Waals surface area contributed by atoms with E-state index in [0.717, 1.165) is 0 Å². The van der Waals surface area contributed by atoms with Crippen LogP contribution in [0.3, 0.4) is 0 Å². The maximum absolute atomic E-state index is 13.0. The van der Waals surface area contributed by atoms with E-state index in [1.165, 1.54) is 42.5 Å². The van der Waals surface area contributed by atoms with E-state index in [1.807, 2.05) is 0 Å². The van der Waals surface area contributed by atoms with Crippen LogP contribution >= 0.6 is 11.6 Å². The highest BCUT2D eigenvalue weighted by Gasteiger charge is 2.48. The summed E-state index contributed by atoms with van der Waals surface area (Å²) in [6, 6.07) is 14.5. The van der Waals surface area contributed by atoms with Gasteiger partial charge in [-0.15, -0.1) is 0 Å². The topological polar surface area (TPSA) is 97.0 Å². The summed E-state index contributed by atoms with van der Waals surface area (Å²) >= 11 is 5.91. The van der Waals surface area contributed by atoms with E-state index >= 15 is 0 Å². The van der Waals surface area contributed by atoms with Crippen LogP contribution in [-0.2, 0) is 14.3 Å². The molecule has 1 aromatic heterocycles. The third-order valence-corrected chi connectivity index (χ3v) is 5.19. The molecule has 1 unspecified atom stereocenters. The van der Waals surface area contributed by atoms with Crippen LogP contribution in [0.2, 0.25) is 5.02 Å². The van der Waals surface area contributed by atoms with Crippen LogP contribution in [0.25, 0.3) is 5.76 Å². The highest BCUT2D eigenvalue weighted by Crippen LogP contribution is 2.42. The summed E-state index contributed by atoms with van der Waals surface area (Å²) < 4.78 is 10.2. The molecule has 0 bridgehead atoms. The molecule has 31 heavy (non-hydrogen) atoms. The van der Waals surface area contributed by atoms with Gasteiger partial charge in [-0.05, 0) is 60.7 Å². The van der Waals surface area contributed by atoms with Crippen molar-refractivity contribution in [1.82, 2.24) is 0 Å². The molecule has 0 saturated carbocycles. The molecule has 1 saturated heterocycles. The van der Waals surface area contributed by atoms with Gasteiger partial charge in [0.25, 0.3) is 11.7 Å². The Morgan fingerprint density at radius 1 is 1.03 bits per heavy atom. The third kappa shape index (κ3) is 3.60. The molecule has 2 aromatic carbocycles. The number of ether oxygens (including phenoxy) is 1. The first-order valence-electron chi connectivity index (χ1n) is 9.21. The Kier molecular flexibility index (Phi) is 5.35. The predicted molar refractivity (Wildman–Crippen MR) is 113 cm³/mol. The zero-order chi connectivity index (χ0) is 22.1. The van der Waals surface area contributed by atoms with E-state index in [-0.39, 0.29) is 11.3 Å². The molecule has 8 heteroatoms. The average molecular weight is 438 g/mol. The molecular weight excluding hydrogens is 422 g/mol. The molecule has 0 radical (unpaired) electrons.